The fourth-order valence-electron chi connectivity index (χ4n) is 3.23. The van der Waals surface area contributed by atoms with E-state index >= 15 is 0 Å². The van der Waals surface area contributed by atoms with E-state index in [1.165, 1.54) is 18.2 Å². The van der Waals surface area contributed by atoms with E-state index in [2.05, 4.69) is 15.2 Å². The molecule has 1 fully saturated rings. The van der Waals surface area contributed by atoms with E-state index in [4.69, 9.17) is 11.6 Å². The first-order valence-electron chi connectivity index (χ1n) is 9.25. The summed E-state index contributed by atoms with van der Waals surface area (Å²) >= 11 is 7.46. The van der Waals surface area contributed by atoms with Gasteiger partial charge < -0.3 is 4.90 Å². The van der Waals surface area contributed by atoms with E-state index in [-0.39, 0.29) is 5.91 Å². The maximum Gasteiger partial charge on any atom is 0.233 e. The Bertz CT molecular complexity index is 939. The molecular formula is C20H20ClN5OS. The summed E-state index contributed by atoms with van der Waals surface area (Å²) in [5.41, 5.74) is 1.75. The van der Waals surface area contributed by atoms with Crippen LogP contribution in [0.3, 0.4) is 0 Å². The lowest BCUT2D eigenvalue weighted by atomic mass is 10.1. The van der Waals surface area contributed by atoms with E-state index in [0.717, 1.165) is 37.2 Å². The number of hydrogen-bond acceptors (Lipinski definition) is 5. The lowest BCUT2D eigenvalue weighted by Crippen LogP contribution is -2.36. The predicted octanol–water partition coefficient (Wildman–Crippen LogP) is 4.09. The fourth-order valence-corrected chi connectivity index (χ4v) is 4.21. The number of pyridine rings is 1. The van der Waals surface area contributed by atoms with Crippen molar-refractivity contribution in [1.82, 2.24) is 24.6 Å². The minimum absolute atomic E-state index is 0.151. The van der Waals surface area contributed by atoms with Gasteiger partial charge in [0.1, 0.15) is 0 Å². The lowest BCUT2D eigenvalue weighted by molar-refractivity contribution is -0.129. The number of aromatic nitrogens is 4. The van der Waals surface area contributed by atoms with Gasteiger partial charge in [-0.2, -0.15) is 0 Å². The highest BCUT2D eigenvalue weighted by Gasteiger charge is 2.20. The summed E-state index contributed by atoms with van der Waals surface area (Å²) in [6, 6.07) is 11.3. The van der Waals surface area contributed by atoms with Crippen LogP contribution in [-0.4, -0.2) is 49.4 Å². The molecule has 8 heteroatoms. The molecule has 0 unspecified atom stereocenters. The maximum absolute atomic E-state index is 12.6. The number of amides is 1. The van der Waals surface area contributed by atoms with Gasteiger partial charge in [0.2, 0.25) is 5.91 Å². The van der Waals surface area contributed by atoms with E-state index in [1.807, 2.05) is 45.9 Å². The molecule has 0 radical (unpaired) electrons. The molecular weight excluding hydrogens is 394 g/mol. The summed E-state index contributed by atoms with van der Waals surface area (Å²) in [5, 5.41) is 10.1. The third-order valence-corrected chi connectivity index (χ3v) is 5.84. The minimum atomic E-state index is 0.151. The Morgan fingerprint density at radius 1 is 1.07 bits per heavy atom. The van der Waals surface area contributed by atoms with Crippen LogP contribution >= 0.6 is 23.4 Å². The van der Waals surface area contributed by atoms with Gasteiger partial charge >= 0.3 is 0 Å². The number of hydrogen-bond donors (Lipinski definition) is 0. The first kappa shape index (κ1) is 19.0. The zero-order valence-corrected chi connectivity index (χ0v) is 16.9. The lowest BCUT2D eigenvalue weighted by Gasteiger charge is -2.26. The Balaban J connectivity index is 1.62. The Morgan fingerprint density at radius 3 is 2.57 bits per heavy atom. The number of thioether (sulfide) groups is 1. The first-order chi connectivity index (χ1) is 13.7. The number of piperidine rings is 1. The van der Waals surface area contributed by atoms with Gasteiger partial charge in [-0.1, -0.05) is 23.4 Å². The van der Waals surface area contributed by atoms with Gasteiger partial charge in [0.15, 0.2) is 11.0 Å². The second kappa shape index (κ2) is 8.75. The molecule has 1 aliphatic rings. The largest absolute Gasteiger partial charge is 0.342 e. The molecule has 1 saturated heterocycles. The summed E-state index contributed by atoms with van der Waals surface area (Å²) in [4.78, 5) is 18.7. The van der Waals surface area contributed by atoms with Crippen molar-refractivity contribution in [3.05, 3.63) is 53.8 Å². The van der Waals surface area contributed by atoms with Crippen LogP contribution in [-0.2, 0) is 4.79 Å². The van der Waals surface area contributed by atoms with Crippen molar-refractivity contribution >= 4 is 29.3 Å². The molecule has 6 nitrogen and oxygen atoms in total. The molecule has 0 aliphatic carbocycles. The van der Waals surface area contributed by atoms with Crippen molar-refractivity contribution in [3.63, 3.8) is 0 Å². The molecule has 1 aromatic carbocycles. The van der Waals surface area contributed by atoms with E-state index in [9.17, 15) is 4.79 Å². The number of halogens is 1. The van der Waals surface area contributed by atoms with Crippen LogP contribution in [0.1, 0.15) is 19.3 Å². The molecule has 3 aromatic rings. The molecule has 0 spiro atoms. The fraction of sp³-hybridized carbons (Fsp3) is 0.300. The first-order valence-corrected chi connectivity index (χ1v) is 10.6. The third-order valence-electron chi connectivity index (χ3n) is 4.67. The quantitative estimate of drug-likeness (QED) is 0.589. The van der Waals surface area contributed by atoms with Crippen LogP contribution in [0.25, 0.3) is 17.1 Å². The number of likely N-dealkylation sites (tertiary alicyclic amines) is 1. The van der Waals surface area contributed by atoms with E-state index in [0.29, 0.717) is 21.8 Å². The van der Waals surface area contributed by atoms with Crippen molar-refractivity contribution in [2.24, 2.45) is 0 Å². The molecule has 0 N–H and O–H groups in total. The van der Waals surface area contributed by atoms with Crippen LogP contribution in [0.5, 0.6) is 0 Å². The monoisotopic (exact) mass is 413 g/mol. The summed E-state index contributed by atoms with van der Waals surface area (Å²) in [6.07, 6.45) is 6.85. The van der Waals surface area contributed by atoms with E-state index < -0.39 is 0 Å². The van der Waals surface area contributed by atoms with Gasteiger partial charge in [0, 0.05) is 41.8 Å². The number of benzene rings is 1. The van der Waals surface area contributed by atoms with Crippen LogP contribution in [0.4, 0.5) is 0 Å². The van der Waals surface area contributed by atoms with Crippen molar-refractivity contribution in [2.45, 2.75) is 24.4 Å². The average Bonchev–Trinajstić information content (AvgIpc) is 3.18. The molecule has 0 saturated carbocycles. The highest BCUT2D eigenvalue weighted by Crippen LogP contribution is 2.28. The highest BCUT2D eigenvalue weighted by atomic mass is 35.5. The third kappa shape index (κ3) is 4.20. The summed E-state index contributed by atoms with van der Waals surface area (Å²) in [6.45, 7) is 1.70. The summed E-state index contributed by atoms with van der Waals surface area (Å²) in [5.74, 6) is 1.18. The molecule has 144 valence electrons. The molecule has 0 atom stereocenters. The van der Waals surface area contributed by atoms with Crippen molar-refractivity contribution in [2.75, 3.05) is 18.8 Å². The van der Waals surface area contributed by atoms with Gasteiger partial charge in [-0.15, -0.1) is 10.2 Å². The minimum Gasteiger partial charge on any atom is -0.342 e. The Kier molecular flexibility index (Phi) is 5.92. The molecule has 1 aliphatic heterocycles. The molecule has 0 bridgehead atoms. The number of carbonyl (C=O) groups excluding carboxylic acids is 1. The molecule has 1 amide bonds. The average molecular weight is 414 g/mol. The Hall–Kier alpha value is -2.38. The number of nitrogens with zero attached hydrogens (tertiary/aromatic N) is 5. The molecule has 28 heavy (non-hydrogen) atoms. The second-order valence-electron chi connectivity index (χ2n) is 6.59. The van der Waals surface area contributed by atoms with E-state index in [1.54, 1.807) is 12.4 Å². The Morgan fingerprint density at radius 2 is 1.86 bits per heavy atom. The van der Waals surface area contributed by atoms with Gasteiger partial charge in [-0.3, -0.25) is 14.3 Å². The molecule has 4 rings (SSSR count). The van der Waals surface area contributed by atoms with Crippen molar-refractivity contribution in [3.8, 4) is 17.1 Å². The Labute approximate surface area is 172 Å². The molecule has 2 aromatic heterocycles. The van der Waals surface area contributed by atoms with Gasteiger partial charge in [-0.05, 0) is 55.7 Å². The SMILES string of the molecule is O=C(CSc1nnc(-c2cccnc2)n1-c1ccc(Cl)cc1)N1CCCCC1. The van der Waals surface area contributed by atoms with Crippen molar-refractivity contribution < 1.29 is 4.79 Å². The smallest absolute Gasteiger partial charge is 0.233 e. The van der Waals surface area contributed by atoms with Crippen LogP contribution in [0.2, 0.25) is 5.02 Å². The highest BCUT2D eigenvalue weighted by molar-refractivity contribution is 7.99. The summed E-state index contributed by atoms with van der Waals surface area (Å²) in [7, 11) is 0. The van der Waals surface area contributed by atoms with Gasteiger partial charge in [0.25, 0.3) is 0 Å². The zero-order chi connectivity index (χ0) is 19.3. The standard InChI is InChI=1S/C20H20ClN5OS/c21-16-6-8-17(9-7-16)26-19(15-5-4-10-22-13-15)23-24-20(26)28-14-18(27)25-11-2-1-3-12-25/h4-10,13H,1-3,11-12,14H2. The van der Waals surface area contributed by atoms with Gasteiger partial charge in [0.05, 0.1) is 5.75 Å². The topological polar surface area (TPSA) is 63.9 Å². The number of carbonyl (C=O) groups is 1. The molecule has 3 heterocycles. The second-order valence-corrected chi connectivity index (χ2v) is 7.97. The number of rotatable bonds is 5. The van der Waals surface area contributed by atoms with Crippen molar-refractivity contribution in [1.29, 1.82) is 0 Å². The normalized spacial score (nSPS) is 14.2. The zero-order valence-electron chi connectivity index (χ0n) is 15.3. The predicted molar refractivity (Wildman–Crippen MR) is 111 cm³/mol. The van der Waals surface area contributed by atoms with Crippen LogP contribution < -0.4 is 0 Å². The van der Waals surface area contributed by atoms with Crippen LogP contribution in [0.15, 0.2) is 53.9 Å². The van der Waals surface area contributed by atoms with Gasteiger partial charge in [-0.25, -0.2) is 0 Å². The van der Waals surface area contributed by atoms with Crippen LogP contribution in [0, 0.1) is 0 Å². The maximum atomic E-state index is 12.6. The summed E-state index contributed by atoms with van der Waals surface area (Å²) < 4.78 is 1.95.